The van der Waals surface area contributed by atoms with E-state index in [1.807, 2.05) is 0 Å². The predicted octanol–water partition coefficient (Wildman–Crippen LogP) is 2.90. The highest BCUT2D eigenvalue weighted by atomic mass is 32.2. The Bertz CT molecular complexity index is 841. The summed E-state index contributed by atoms with van der Waals surface area (Å²) in [6, 6.07) is 8.37. The lowest BCUT2D eigenvalue weighted by Crippen LogP contribution is -2.38. The molecule has 1 aromatic heterocycles. The van der Waals surface area contributed by atoms with Crippen molar-refractivity contribution in [3.63, 3.8) is 0 Å². The SMILES string of the molecule is CC(=O)Nc1ccc(S(=O)(=O)NCC2CCN(Cc3ccsc3)CC2)cc1. The minimum Gasteiger partial charge on any atom is -0.326 e. The summed E-state index contributed by atoms with van der Waals surface area (Å²) in [6.07, 6.45) is 1.99. The molecule has 146 valence electrons. The minimum atomic E-state index is -3.53. The van der Waals surface area contributed by atoms with Gasteiger partial charge in [-0.3, -0.25) is 9.69 Å². The molecule has 2 aromatic rings. The molecule has 27 heavy (non-hydrogen) atoms. The average molecular weight is 408 g/mol. The van der Waals surface area contributed by atoms with E-state index in [1.54, 1.807) is 23.5 Å². The zero-order chi connectivity index (χ0) is 19.3. The third kappa shape index (κ3) is 5.87. The first-order valence-corrected chi connectivity index (χ1v) is 11.5. The number of piperidine rings is 1. The molecule has 0 unspecified atom stereocenters. The van der Waals surface area contributed by atoms with Gasteiger partial charge in [0, 0.05) is 25.7 Å². The van der Waals surface area contributed by atoms with Gasteiger partial charge in [0.15, 0.2) is 0 Å². The van der Waals surface area contributed by atoms with E-state index in [9.17, 15) is 13.2 Å². The van der Waals surface area contributed by atoms with Gasteiger partial charge in [-0.15, -0.1) is 0 Å². The maximum absolute atomic E-state index is 12.5. The summed E-state index contributed by atoms with van der Waals surface area (Å²) in [5.41, 5.74) is 1.93. The summed E-state index contributed by atoms with van der Waals surface area (Å²) >= 11 is 1.72. The van der Waals surface area contributed by atoms with Crippen LogP contribution in [0.5, 0.6) is 0 Å². The van der Waals surface area contributed by atoms with Gasteiger partial charge in [0.2, 0.25) is 15.9 Å². The number of benzene rings is 1. The molecule has 0 bridgehead atoms. The van der Waals surface area contributed by atoms with Crippen molar-refractivity contribution in [3.8, 4) is 0 Å². The van der Waals surface area contributed by atoms with Crippen LogP contribution in [0.15, 0.2) is 46.0 Å². The third-order valence-corrected chi connectivity index (χ3v) is 6.91. The molecule has 1 aliphatic rings. The summed E-state index contributed by atoms with van der Waals surface area (Å²) in [5.74, 6) is 0.172. The summed E-state index contributed by atoms with van der Waals surface area (Å²) in [6.45, 7) is 4.84. The van der Waals surface area contributed by atoms with Crippen molar-refractivity contribution in [2.45, 2.75) is 31.2 Å². The van der Waals surface area contributed by atoms with Crippen molar-refractivity contribution in [2.24, 2.45) is 5.92 Å². The Kier molecular flexibility index (Phi) is 6.64. The van der Waals surface area contributed by atoms with Crippen LogP contribution >= 0.6 is 11.3 Å². The number of carbonyl (C=O) groups excluding carboxylic acids is 1. The second kappa shape index (κ2) is 8.97. The Labute approximate surface area is 164 Å². The predicted molar refractivity (Wildman–Crippen MR) is 108 cm³/mol. The van der Waals surface area contributed by atoms with Crippen molar-refractivity contribution in [1.82, 2.24) is 9.62 Å². The molecule has 2 N–H and O–H groups in total. The van der Waals surface area contributed by atoms with Gasteiger partial charge in [-0.1, -0.05) is 0 Å². The number of hydrogen-bond donors (Lipinski definition) is 2. The first-order chi connectivity index (χ1) is 12.9. The van der Waals surface area contributed by atoms with Crippen LogP contribution in [0.4, 0.5) is 5.69 Å². The quantitative estimate of drug-likeness (QED) is 0.740. The van der Waals surface area contributed by atoms with Crippen LogP contribution in [0.25, 0.3) is 0 Å². The van der Waals surface area contributed by atoms with E-state index in [-0.39, 0.29) is 10.8 Å². The molecule has 1 fully saturated rings. The lowest BCUT2D eigenvalue weighted by atomic mass is 9.97. The fourth-order valence-electron chi connectivity index (χ4n) is 3.22. The molecule has 0 aliphatic carbocycles. The van der Waals surface area contributed by atoms with Gasteiger partial charge >= 0.3 is 0 Å². The number of carbonyl (C=O) groups is 1. The highest BCUT2D eigenvalue weighted by molar-refractivity contribution is 7.89. The molecule has 1 amide bonds. The zero-order valence-corrected chi connectivity index (χ0v) is 17.0. The van der Waals surface area contributed by atoms with Crippen LogP contribution in [0.1, 0.15) is 25.3 Å². The van der Waals surface area contributed by atoms with Gasteiger partial charge in [0.05, 0.1) is 4.90 Å². The lowest BCUT2D eigenvalue weighted by Gasteiger charge is -2.31. The molecule has 0 spiro atoms. The van der Waals surface area contributed by atoms with E-state index >= 15 is 0 Å². The Hall–Kier alpha value is -1.74. The maximum atomic E-state index is 12.5. The molecule has 2 heterocycles. The van der Waals surface area contributed by atoms with Gasteiger partial charge < -0.3 is 5.32 Å². The van der Waals surface area contributed by atoms with Crippen molar-refractivity contribution in [3.05, 3.63) is 46.7 Å². The summed E-state index contributed by atoms with van der Waals surface area (Å²) in [7, 11) is -3.53. The largest absolute Gasteiger partial charge is 0.326 e. The van der Waals surface area contributed by atoms with Crippen molar-refractivity contribution in [1.29, 1.82) is 0 Å². The van der Waals surface area contributed by atoms with Gasteiger partial charge in [-0.2, -0.15) is 11.3 Å². The van der Waals surface area contributed by atoms with Gasteiger partial charge in [0.25, 0.3) is 0 Å². The van der Waals surface area contributed by atoms with E-state index in [0.717, 1.165) is 32.5 Å². The normalized spacial score (nSPS) is 16.3. The number of nitrogens with zero attached hydrogens (tertiary/aromatic N) is 1. The molecule has 0 saturated carbocycles. The fraction of sp³-hybridized carbons (Fsp3) is 0.421. The Morgan fingerprint density at radius 2 is 1.89 bits per heavy atom. The monoisotopic (exact) mass is 407 g/mol. The van der Waals surface area contributed by atoms with E-state index in [1.165, 1.54) is 24.6 Å². The van der Waals surface area contributed by atoms with Crippen molar-refractivity contribution < 1.29 is 13.2 Å². The van der Waals surface area contributed by atoms with E-state index < -0.39 is 10.0 Å². The number of likely N-dealkylation sites (tertiary alicyclic amines) is 1. The smallest absolute Gasteiger partial charge is 0.240 e. The second-order valence-electron chi connectivity index (χ2n) is 6.91. The zero-order valence-electron chi connectivity index (χ0n) is 15.3. The highest BCUT2D eigenvalue weighted by Crippen LogP contribution is 2.20. The van der Waals surface area contributed by atoms with Crippen LogP contribution in [0.2, 0.25) is 0 Å². The summed E-state index contributed by atoms with van der Waals surface area (Å²) in [4.78, 5) is 13.7. The van der Waals surface area contributed by atoms with Crippen molar-refractivity contribution in [2.75, 3.05) is 25.0 Å². The molecule has 6 nitrogen and oxygen atoms in total. The van der Waals surface area contributed by atoms with Crippen LogP contribution in [0, 0.1) is 5.92 Å². The van der Waals surface area contributed by atoms with E-state index in [4.69, 9.17) is 0 Å². The highest BCUT2D eigenvalue weighted by Gasteiger charge is 2.22. The average Bonchev–Trinajstić information content (AvgIpc) is 3.14. The lowest BCUT2D eigenvalue weighted by molar-refractivity contribution is -0.114. The third-order valence-electron chi connectivity index (χ3n) is 4.74. The number of thiophene rings is 1. The topological polar surface area (TPSA) is 78.5 Å². The Morgan fingerprint density at radius 1 is 1.19 bits per heavy atom. The number of nitrogens with one attached hydrogen (secondary N) is 2. The molecular weight excluding hydrogens is 382 g/mol. The molecule has 3 rings (SSSR count). The van der Waals surface area contributed by atoms with Crippen LogP contribution in [-0.4, -0.2) is 38.9 Å². The summed E-state index contributed by atoms with van der Waals surface area (Å²) < 4.78 is 27.7. The fourth-order valence-corrected chi connectivity index (χ4v) is 5.00. The number of hydrogen-bond acceptors (Lipinski definition) is 5. The van der Waals surface area contributed by atoms with Crippen LogP contribution in [-0.2, 0) is 21.4 Å². The standard InChI is InChI=1S/C19H25N3O3S2/c1-15(23)21-18-2-4-19(5-3-18)27(24,25)20-12-16-6-9-22(10-7-16)13-17-8-11-26-14-17/h2-5,8,11,14,16,20H,6-7,9-10,12-13H2,1H3,(H,21,23). The first kappa shape index (κ1) is 20.0. The van der Waals surface area contributed by atoms with Gasteiger partial charge in [-0.25, -0.2) is 13.1 Å². The second-order valence-corrected chi connectivity index (χ2v) is 9.46. The van der Waals surface area contributed by atoms with E-state index in [2.05, 4.69) is 31.8 Å². The number of rotatable bonds is 7. The number of amides is 1. The first-order valence-electron chi connectivity index (χ1n) is 9.03. The van der Waals surface area contributed by atoms with Crippen LogP contribution in [0.3, 0.4) is 0 Å². The molecule has 8 heteroatoms. The van der Waals surface area contributed by atoms with Gasteiger partial charge in [-0.05, 0) is 78.5 Å². The molecule has 1 aliphatic heterocycles. The molecule has 0 atom stereocenters. The summed E-state index contributed by atoms with van der Waals surface area (Å²) in [5, 5.41) is 6.90. The van der Waals surface area contributed by atoms with E-state index in [0.29, 0.717) is 18.2 Å². The Balaban J connectivity index is 1.47. The molecule has 1 aromatic carbocycles. The minimum absolute atomic E-state index is 0.186. The molecule has 0 radical (unpaired) electrons. The number of sulfonamides is 1. The molecule has 1 saturated heterocycles. The Morgan fingerprint density at radius 3 is 2.48 bits per heavy atom. The van der Waals surface area contributed by atoms with Crippen molar-refractivity contribution >= 4 is 33.0 Å². The molecular formula is C19H25N3O3S2. The maximum Gasteiger partial charge on any atom is 0.240 e. The van der Waals surface area contributed by atoms with Gasteiger partial charge in [0.1, 0.15) is 0 Å². The number of anilines is 1. The van der Waals surface area contributed by atoms with Crippen LogP contribution < -0.4 is 10.0 Å².